The SMILES string of the molecule is Cc1ccc(-c2nn(-c3ccccc3)cc2C(=O)OCc2nn3c(=O)cc(C)nc3s2)cc1. The fraction of sp³-hybridized carbons (Fsp3) is 0.125. The summed E-state index contributed by atoms with van der Waals surface area (Å²) < 4.78 is 8.44. The molecular formula is C24H19N5O3S. The molecule has 3 aromatic heterocycles. The van der Waals surface area contributed by atoms with Crippen molar-refractivity contribution in [3.05, 3.63) is 99.0 Å². The van der Waals surface area contributed by atoms with E-state index in [9.17, 15) is 9.59 Å². The smallest absolute Gasteiger partial charge is 0.342 e. The first kappa shape index (κ1) is 20.8. The van der Waals surface area contributed by atoms with Gasteiger partial charge in [-0.25, -0.2) is 14.5 Å². The van der Waals surface area contributed by atoms with Gasteiger partial charge in [-0.3, -0.25) is 4.79 Å². The van der Waals surface area contributed by atoms with Gasteiger partial charge in [-0.2, -0.15) is 14.7 Å². The van der Waals surface area contributed by atoms with Gasteiger partial charge in [-0.05, 0) is 26.0 Å². The zero-order valence-corrected chi connectivity index (χ0v) is 18.7. The standard InChI is InChI=1S/C24H19N5O3S/c1-15-8-10-17(11-9-15)22-19(13-28(27-22)18-6-4-3-5-7-18)23(31)32-14-20-26-29-21(30)12-16(2)25-24(29)33-20/h3-13H,14H2,1-2H3. The summed E-state index contributed by atoms with van der Waals surface area (Å²) in [6.07, 6.45) is 1.67. The van der Waals surface area contributed by atoms with E-state index >= 15 is 0 Å². The molecule has 0 radical (unpaired) electrons. The first-order valence-electron chi connectivity index (χ1n) is 10.2. The molecule has 8 nitrogen and oxygen atoms in total. The number of benzene rings is 2. The van der Waals surface area contributed by atoms with E-state index in [0.717, 1.165) is 16.8 Å². The Labute approximate surface area is 192 Å². The predicted molar refractivity (Wildman–Crippen MR) is 125 cm³/mol. The molecule has 0 aliphatic heterocycles. The number of rotatable bonds is 5. The molecule has 0 N–H and O–H groups in total. The largest absolute Gasteiger partial charge is 0.455 e. The van der Waals surface area contributed by atoms with E-state index in [1.54, 1.807) is 17.8 Å². The number of fused-ring (bicyclic) bond motifs is 1. The molecule has 164 valence electrons. The number of carbonyl (C=O) groups is 1. The van der Waals surface area contributed by atoms with Gasteiger partial charge in [0.25, 0.3) is 5.56 Å². The van der Waals surface area contributed by atoms with Crippen molar-refractivity contribution < 1.29 is 9.53 Å². The fourth-order valence-corrected chi connectivity index (χ4v) is 4.24. The molecule has 0 aliphatic carbocycles. The van der Waals surface area contributed by atoms with Crippen molar-refractivity contribution >= 4 is 22.3 Å². The van der Waals surface area contributed by atoms with Gasteiger partial charge in [0.2, 0.25) is 4.96 Å². The molecule has 0 atom stereocenters. The third kappa shape index (κ3) is 4.18. The summed E-state index contributed by atoms with van der Waals surface area (Å²) >= 11 is 1.21. The van der Waals surface area contributed by atoms with Crippen molar-refractivity contribution in [1.82, 2.24) is 24.4 Å². The molecule has 33 heavy (non-hydrogen) atoms. The third-order valence-electron chi connectivity index (χ3n) is 5.02. The normalized spacial score (nSPS) is 11.1. The van der Waals surface area contributed by atoms with Crippen LogP contribution in [0, 0.1) is 13.8 Å². The Balaban J connectivity index is 1.46. The molecule has 0 saturated heterocycles. The highest BCUT2D eigenvalue weighted by molar-refractivity contribution is 7.16. The second kappa shape index (κ2) is 8.44. The van der Waals surface area contributed by atoms with Crippen LogP contribution in [-0.2, 0) is 11.3 Å². The van der Waals surface area contributed by atoms with Crippen LogP contribution in [0.4, 0.5) is 0 Å². The second-order valence-corrected chi connectivity index (χ2v) is 8.58. The number of nitrogens with zero attached hydrogens (tertiary/aromatic N) is 5. The van der Waals surface area contributed by atoms with Gasteiger partial charge in [0, 0.05) is 23.5 Å². The Kier molecular flexibility index (Phi) is 5.31. The maximum atomic E-state index is 13.1. The van der Waals surface area contributed by atoms with Gasteiger partial charge in [-0.1, -0.05) is 59.4 Å². The van der Waals surface area contributed by atoms with Crippen molar-refractivity contribution in [3.63, 3.8) is 0 Å². The summed E-state index contributed by atoms with van der Waals surface area (Å²) in [6.45, 7) is 3.67. The van der Waals surface area contributed by atoms with E-state index in [-0.39, 0.29) is 12.2 Å². The number of hydrogen-bond donors (Lipinski definition) is 0. The first-order valence-corrected chi connectivity index (χ1v) is 11.1. The highest BCUT2D eigenvalue weighted by Gasteiger charge is 2.21. The zero-order valence-electron chi connectivity index (χ0n) is 17.9. The number of esters is 1. The number of para-hydroxylation sites is 1. The molecular weight excluding hydrogens is 438 g/mol. The average molecular weight is 458 g/mol. The number of hydrogen-bond acceptors (Lipinski definition) is 7. The van der Waals surface area contributed by atoms with Gasteiger partial charge < -0.3 is 4.74 Å². The second-order valence-electron chi connectivity index (χ2n) is 7.54. The summed E-state index contributed by atoms with van der Waals surface area (Å²) in [6, 6.07) is 18.8. The molecule has 3 heterocycles. The molecule has 5 rings (SSSR count). The minimum Gasteiger partial charge on any atom is -0.455 e. The summed E-state index contributed by atoms with van der Waals surface area (Å²) in [4.78, 5) is 29.9. The Morgan fingerprint density at radius 3 is 2.55 bits per heavy atom. The Hall–Kier alpha value is -4.11. The Bertz CT molecular complexity index is 1520. The minimum absolute atomic E-state index is 0.0742. The monoisotopic (exact) mass is 457 g/mol. The average Bonchev–Trinajstić information content (AvgIpc) is 3.43. The highest BCUT2D eigenvalue weighted by Crippen LogP contribution is 2.25. The number of carbonyl (C=O) groups excluding carboxylic acids is 1. The molecule has 9 heteroatoms. The van der Waals surface area contributed by atoms with E-state index in [2.05, 4.69) is 15.2 Å². The van der Waals surface area contributed by atoms with E-state index in [1.165, 1.54) is 21.9 Å². The lowest BCUT2D eigenvalue weighted by atomic mass is 10.1. The van der Waals surface area contributed by atoms with Crippen molar-refractivity contribution in [3.8, 4) is 16.9 Å². The predicted octanol–water partition coefficient (Wildman–Crippen LogP) is 3.98. The van der Waals surface area contributed by atoms with Crippen LogP contribution in [0.2, 0.25) is 0 Å². The molecule has 0 fully saturated rings. The van der Waals surface area contributed by atoms with Crippen molar-refractivity contribution in [1.29, 1.82) is 0 Å². The van der Waals surface area contributed by atoms with Crippen LogP contribution < -0.4 is 5.56 Å². The highest BCUT2D eigenvalue weighted by atomic mass is 32.1. The third-order valence-corrected chi connectivity index (χ3v) is 5.90. The zero-order chi connectivity index (χ0) is 22.9. The van der Waals surface area contributed by atoms with Gasteiger partial charge in [0.15, 0.2) is 5.01 Å². The van der Waals surface area contributed by atoms with Crippen LogP contribution >= 0.6 is 11.3 Å². The summed E-state index contributed by atoms with van der Waals surface area (Å²) in [7, 11) is 0. The maximum Gasteiger partial charge on any atom is 0.342 e. The molecule has 0 bridgehead atoms. The molecule has 0 aliphatic rings. The summed E-state index contributed by atoms with van der Waals surface area (Å²) in [5.74, 6) is -0.525. The molecule has 0 unspecified atom stereocenters. The quantitative estimate of drug-likeness (QED) is 0.371. The number of ether oxygens (including phenoxy) is 1. The maximum absolute atomic E-state index is 13.1. The van der Waals surface area contributed by atoms with Gasteiger partial charge in [-0.15, -0.1) is 0 Å². The molecule has 0 amide bonds. The van der Waals surface area contributed by atoms with Crippen molar-refractivity contribution in [2.45, 2.75) is 20.5 Å². The van der Waals surface area contributed by atoms with Crippen LogP contribution in [0.15, 0.2) is 71.7 Å². The topological polar surface area (TPSA) is 91.4 Å². The molecule has 5 aromatic rings. The van der Waals surface area contributed by atoms with Crippen LogP contribution in [0.1, 0.15) is 26.6 Å². The first-order chi connectivity index (χ1) is 16.0. The minimum atomic E-state index is -0.525. The lowest BCUT2D eigenvalue weighted by Gasteiger charge is -2.03. The van der Waals surface area contributed by atoms with Crippen molar-refractivity contribution in [2.24, 2.45) is 0 Å². The number of aryl methyl sites for hydroxylation is 2. The van der Waals surface area contributed by atoms with Gasteiger partial charge in [0.1, 0.15) is 17.9 Å². The van der Waals surface area contributed by atoms with Gasteiger partial charge in [0.05, 0.1) is 5.69 Å². The number of aromatic nitrogens is 5. The van der Waals surface area contributed by atoms with Crippen molar-refractivity contribution in [2.75, 3.05) is 0 Å². The summed E-state index contributed by atoms with van der Waals surface area (Å²) in [5.41, 5.74) is 3.97. The van der Waals surface area contributed by atoms with E-state index in [0.29, 0.717) is 26.9 Å². The Morgan fingerprint density at radius 1 is 1.03 bits per heavy atom. The molecule has 0 saturated carbocycles. The van der Waals surface area contributed by atoms with E-state index in [1.807, 2.05) is 61.5 Å². The van der Waals surface area contributed by atoms with Crippen LogP contribution in [0.3, 0.4) is 0 Å². The van der Waals surface area contributed by atoms with E-state index < -0.39 is 5.97 Å². The fourth-order valence-electron chi connectivity index (χ4n) is 3.38. The van der Waals surface area contributed by atoms with Crippen LogP contribution in [0.25, 0.3) is 21.9 Å². The molecule has 2 aromatic carbocycles. The van der Waals surface area contributed by atoms with Crippen LogP contribution in [-0.4, -0.2) is 30.3 Å². The lowest BCUT2D eigenvalue weighted by molar-refractivity contribution is 0.0472. The van der Waals surface area contributed by atoms with E-state index in [4.69, 9.17) is 4.74 Å². The van der Waals surface area contributed by atoms with Crippen LogP contribution in [0.5, 0.6) is 0 Å². The summed E-state index contributed by atoms with van der Waals surface area (Å²) in [5, 5.41) is 9.36. The molecule has 0 spiro atoms. The van der Waals surface area contributed by atoms with Gasteiger partial charge >= 0.3 is 5.97 Å². The Morgan fingerprint density at radius 2 is 1.79 bits per heavy atom. The lowest BCUT2D eigenvalue weighted by Crippen LogP contribution is -2.14.